The van der Waals surface area contributed by atoms with Gasteiger partial charge in [0.25, 0.3) is 0 Å². The molecule has 2 aromatic carbocycles. The summed E-state index contributed by atoms with van der Waals surface area (Å²) in [6, 6.07) is 15.1. The number of H-pyrrole nitrogens is 1. The zero-order valence-corrected chi connectivity index (χ0v) is 24.1. The number of nitrogens with one attached hydrogen (secondary N) is 2. The zero-order chi connectivity index (χ0) is 26.8. The quantitative estimate of drug-likeness (QED) is 0.361. The zero-order valence-electron chi connectivity index (χ0n) is 24.1. The SMILES string of the molecule is COc1ccc(-c2[nH]c3ccc(N4CCC(NC5CCN(C(C)C)CC5)CC4)cc3c2C(C)C)cc1OC. The number of benzene rings is 2. The molecule has 0 amide bonds. The van der Waals surface area contributed by atoms with Crippen LogP contribution in [0.4, 0.5) is 5.69 Å². The fraction of sp³-hybridized carbons (Fsp3) is 0.562. The van der Waals surface area contributed by atoms with Crippen LogP contribution in [0.1, 0.15) is 64.9 Å². The van der Waals surface area contributed by atoms with Gasteiger partial charge in [-0.3, -0.25) is 0 Å². The molecule has 0 spiro atoms. The van der Waals surface area contributed by atoms with Gasteiger partial charge in [-0.15, -0.1) is 0 Å². The fourth-order valence-corrected chi connectivity index (χ4v) is 6.44. The Bertz CT molecular complexity index is 1220. The normalized spacial score (nSPS) is 18.2. The number of rotatable bonds is 8. The summed E-state index contributed by atoms with van der Waals surface area (Å²) in [5, 5.41) is 5.32. The second kappa shape index (κ2) is 11.6. The molecule has 2 N–H and O–H groups in total. The van der Waals surface area contributed by atoms with Gasteiger partial charge in [-0.2, -0.15) is 0 Å². The van der Waals surface area contributed by atoms with Crippen molar-refractivity contribution in [2.45, 2.75) is 77.4 Å². The van der Waals surface area contributed by atoms with E-state index < -0.39 is 0 Å². The Labute approximate surface area is 228 Å². The maximum absolute atomic E-state index is 5.59. The van der Waals surface area contributed by atoms with Crippen LogP contribution in [0.3, 0.4) is 0 Å². The van der Waals surface area contributed by atoms with E-state index >= 15 is 0 Å². The molecule has 2 aliphatic heterocycles. The molecule has 38 heavy (non-hydrogen) atoms. The molecule has 206 valence electrons. The van der Waals surface area contributed by atoms with Crippen LogP contribution in [0.25, 0.3) is 22.2 Å². The van der Waals surface area contributed by atoms with Gasteiger partial charge in [-0.1, -0.05) is 13.8 Å². The molecule has 0 saturated carbocycles. The van der Waals surface area contributed by atoms with E-state index in [2.05, 4.69) is 78.1 Å². The Morgan fingerprint density at radius 2 is 1.47 bits per heavy atom. The Kier molecular flexibility index (Phi) is 8.20. The van der Waals surface area contributed by atoms with Crippen molar-refractivity contribution in [3.8, 4) is 22.8 Å². The van der Waals surface area contributed by atoms with Gasteiger partial charge in [0.1, 0.15) is 0 Å². The summed E-state index contributed by atoms with van der Waals surface area (Å²) in [6.07, 6.45) is 4.98. The van der Waals surface area contributed by atoms with Gasteiger partial charge in [-0.25, -0.2) is 0 Å². The predicted molar refractivity (Wildman–Crippen MR) is 159 cm³/mol. The lowest BCUT2D eigenvalue weighted by atomic mass is 9.95. The monoisotopic (exact) mass is 518 g/mol. The Balaban J connectivity index is 1.30. The molecule has 2 fully saturated rings. The number of nitrogens with zero attached hydrogens (tertiary/aromatic N) is 2. The van der Waals surface area contributed by atoms with Crippen molar-refractivity contribution in [3.05, 3.63) is 42.0 Å². The first-order valence-electron chi connectivity index (χ1n) is 14.5. The van der Waals surface area contributed by atoms with E-state index in [9.17, 15) is 0 Å². The van der Waals surface area contributed by atoms with Crippen molar-refractivity contribution in [3.63, 3.8) is 0 Å². The fourth-order valence-electron chi connectivity index (χ4n) is 6.44. The number of hydrogen-bond donors (Lipinski definition) is 2. The Hall–Kier alpha value is -2.70. The van der Waals surface area contributed by atoms with E-state index in [4.69, 9.17) is 9.47 Å². The van der Waals surface area contributed by atoms with Crippen molar-refractivity contribution in [1.82, 2.24) is 15.2 Å². The van der Waals surface area contributed by atoms with Gasteiger partial charge >= 0.3 is 0 Å². The van der Waals surface area contributed by atoms with Crippen molar-refractivity contribution in [2.24, 2.45) is 0 Å². The molecule has 3 heterocycles. The van der Waals surface area contributed by atoms with E-state index in [0.29, 0.717) is 24.0 Å². The number of likely N-dealkylation sites (tertiary alicyclic amines) is 1. The Morgan fingerprint density at radius 3 is 2.08 bits per heavy atom. The summed E-state index contributed by atoms with van der Waals surface area (Å²) >= 11 is 0. The molecule has 6 nitrogen and oxygen atoms in total. The lowest BCUT2D eigenvalue weighted by Gasteiger charge is -2.39. The van der Waals surface area contributed by atoms with Crippen LogP contribution in [-0.4, -0.2) is 68.4 Å². The van der Waals surface area contributed by atoms with Crippen LogP contribution in [0.2, 0.25) is 0 Å². The van der Waals surface area contributed by atoms with Crippen molar-refractivity contribution in [2.75, 3.05) is 45.3 Å². The molecule has 0 atom stereocenters. The van der Waals surface area contributed by atoms with Gasteiger partial charge < -0.3 is 29.6 Å². The summed E-state index contributed by atoms with van der Waals surface area (Å²) in [5.41, 5.74) is 6.17. The Morgan fingerprint density at radius 1 is 0.816 bits per heavy atom. The van der Waals surface area contributed by atoms with Crippen molar-refractivity contribution in [1.29, 1.82) is 0 Å². The summed E-state index contributed by atoms with van der Waals surface area (Å²) in [4.78, 5) is 8.90. The molecule has 6 heteroatoms. The first-order chi connectivity index (χ1) is 18.4. The van der Waals surface area contributed by atoms with E-state index in [1.807, 2.05) is 6.07 Å². The van der Waals surface area contributed by atoms with Gasteiger partial charge in [0.05, 0.1) is 19.9 Å². The molecule has 2 aliphatic rings. The third-order valence-electron chi connectivity index (χ3n) is 8.66. The number of aromatic nitrogens is 1. The number of piperidine rings is 2. The standard InChI is InChI=1S/C32H46N4O2/c1-21(2)31-27-20-26(8-9-28(27)34-32(31)23-7-10-29(37-5)30(19-23)38-6)36-17-13-25(14-18-36)33-24-11-15-35(16-12-24)22(3)4/h7-10,19-22,24-25,33-34H,11-18H2,1-6H3. The van der Waals surface area contributed by atoms with E-state index in [0.717, 1.165) is 30.2 Å². The third-order valence-corrected chi connectivity index (χ3v) is 8.66. The number of fused-ring (bicyclic) bond motifs is 1. The lowest BCUT2D eigenvalue weighted by Crippen LogP contribution is -2.50. The average Bonchev–Trinajstić information content (AvgIpc) is 3.32. The molecule has 5 rings (SSSR count). The van der Waals surface area contributed by atoms with Gasteiger partial charge in [0.15, 0.2) is 11.5 Å². The van der Waals surface area contributed by atoms with Gasteiger partial charge in [0.2, 0.25) is 0 Å². The predicted octanol–water partition coefficient (Wildman–Crippen LogP) is 6.41. The first-order valence-corrected chi connectivity index (χ1v) is 14.5. The molecule has 0 unspecified atom stereocenters. The van der Waals surface area contributed by atoms with Crippen LogP contribution >= 0.6 is 0 Å². The van der Waals surface area contributed by atoms with Gasteiger partial charge in [0, 0.05) is 53.4 Å². The summed E-state index contributed by atoms with van der Waals surface area (Å²) in [6.45, 7) is 13.9. The largest absolute Gasteiger partial charge is 0.493 e. The number of hydrogen-bond acceptors (Lipinski definition) is 5. The molecule has 0 aliphatic carbocycles. The third kappa shape index (κ3) is 5.52. The smallest absolute Gasteiger partial charge is 0.161 e. The lowest BCUT2D eigenvalue weighted by molar-refractivity contribution is 0.154. The number of aromatic amines is 1. The minimum absolute atomic E-state index is 0.388. The van der Waals surface area contributed by atoms with Crippen LogP contribution in [0.5, 0.6) is 11.5 Å². The van der Waals surface area contributed by atoms with Crippen LogP contribution in [0.15, 0.2) is 36.4 Å². The first kappa shape index (κ1) is 26.9. The number of methoxy groups -OCH3 is 2. The highest BCUT2D eigenvalue weighted by Crippen LogP contribution is 2.40. The van der Waals surface area contributed by atoms with Crippen molar-refractivity contribution >= 4 is 16.6 Å². The molecular weight excluding hydrogens is 472 g/mol. The topological polar surface area (TPSA) is 52.8 Å². The number of anilines is 1. The van der Waals surface area contributed by atoms with Crippen molar-refractivity contribution < 1.29 is 9.47 Å². The van der Waals surface area contributed by atoms with Gasteiger partial charge in [-0.05, 0) is 100 Å². The maximum atomic E-state index is 5.59. The van der Waals surface area contributed by atoms with Crippen LogP contribution in [0, 0.1) is 0 Å². The highest BCUT2D eigenvalue weighted by atomic mass is 16.5. The second-order valence-electron chi connectivity index (χ2n) is 11.7. The van der Waals surface area contributed by atoms with Crippen LogP contribution < -0.4 is 19.7 Å². The molecule has 0 bridgehead atoms. The van der Waals surface area contributed by atoms with E-state index in [-0.39, 0.29) is 0 Å². The second-order valence-corrected chi connectivity index (χ2v) is 11.7. The average molecular weight is 519 g/mol. The maximum Gasteiger partial charge on any atom is 0.161 e. The molecule has 1 aromatic heterocycles. The van der Waals surface area contributed by atoms with E-state index in [1.54, 1.807) is 14.2 Å². The number of ether oxygens (including phenoxy) is 2. The summed E-state index contributed by atoms with van der Waals surface area (Å²) < 4.78 is 11.1. The molecule has 0 radical (unpaired) electrons. The minimum atomic E-state index is 0.388. The minimum Gasteiger partial charge on any atom is -0.493 e. The summed E-state index contributed by atoms with van der Waals surface area (Å²) in [5.74, 6) is 1.89. The molecular formula is C32H46N4O2. The molecule has 2 saturated heterocycles. The van der Waals surface area contributed by atoms with E-state index in [1.165, 1.54) is 66.6 Å². The highest BCUT2D eigenvalue weighted by molar-refractivity contribution is 5.93. The molecule has 3 aromatic rings. The highest BCUT2D eigenvalue weighted by Gasteiger charge is 2.26. The van der Waals surface area contributed by atoms with Crippen LogP contribution in [-0.2, 0) is 0 Å². The summed E-state index contributed by atoms with van der Waals surface area (Å²) in [7, 11) is 3.37.